The molecule has 0 aliphatic carbocycles. The maximum absolute atomic E-state index is 13.5. The van der Waals surface area contributed by atoms with Gasteiger partial charge in [-0.3, -0.25) is 4.79 Å². The van der Waals surface area contributed by atoms with Crippen LogP contribution in [0.15, 0.2) is 47.5 Å². The van der Waals surface area contributed by atoms with Crippen LogP contribution in [0.25, 0.3) is 17.0 Å². The minimum absolute atomic E-state index is 0.0811. The molecule has 0 bridgehead atoms. The van der Waals surface area contributed by atoms with E-state index >= 15 is 0 Å². The van der Waals surface area contributed by atoms with Crippen molar-refractivity contribution in [2.75, 3.05) is 6.54 Å². The number of alkyl halides is 1. The Morgan fingerprint density at radius 1 is 1.38 bits per heavy atom. The largest absolute Gasteiger partial charge is 0.412 e. The molecule has 0 aromatic carbocycles. The molecule has 0 spiro atoms. The second-order valence-electron chi connectivity index (χ2n) is 8.00. The van der Waals surface area contributed by atoms with E-state index in [1.54, 1.807) is 15.7 Å². The number of fused-ring (bicyclic) bond motifs is 2. The van der Waals surface area contributed by atoms with Crippen molar-refractivity contribution in [1.82, 2.24) is 44.5 Å². The number of hydrogen-bond acceptors (Lipinski definition) is 7. The van der Waals surface area contributed by atoms with Crippen LogP contribution in [0.5, 0.6) is 0 Å². The molecule has 0 saturated heterocycles. The summed E-state index contributed by atoms with van der Waals surface area (Å²) in [6.07, 6.45) is 6.92. The molecule has 172 valence electrons. The highest BCUT2D eigenvalue weighted by molar-refractivity contribution is 7.16. The lowest BCUT2D eigenvalue weighted by molar-refractivity contribution is 0.0646. The van der Waals surface area contributed by atoms with Crippen molar-refractivity contribution in [3.8, 4) is 11.5 Å². The molecule has 1 aliphatic heterocycles. The number of nitrogens with zero attached hydrogens (tertiary/aromatic N) is 8. The minimum Gasteiger partial charge on any atom is -0.412 e. The van der Waals surface area contributed by atoms with E-state index in [0.29, 0.717) is 24.2 Å². The Morgan fingerprint density at radius 2 is 2.26 bits per heavy atom. The summed E-state index contributed by atoms with van der Waals surface area (Å²) in [6.45, 7) is 2.42. The standard InChI is InChI=1S/C21H19FN9O2P/c1-11-3-2-5-30-15(11)7-14(28-30)17-16-13(23-10-24-16)4-6-29(17)20(32)19-27-26-18(33-19)12-8-25-31(9-12)21(22)34/h2-3,5,7-10,17,21H,4,6,34H2,1H3,(H,23,24)/t17-,21?/m1/s1. The quantitative estimate of drug-likeness (QED) is 0.393. The van der Waals surface area contributed by atoms with Crippen molar-refractivity contribution in [1.29, 1.82) is 0 Å². The zero-order chi connectivity index (χ0) is 23.4. The second-order valence-corrected chi connectivity index (χ2v) is 8.55. The number of hydrogen-bond donors (Lipinski definition) is 1. The number of carbonyl (C=O) groups excluding carboxylic acids is 1. The maximum atomic E-state index is 13.5. The highest BCUT2D eigenvalue weighted by Gasteiger charge is 2.38. The summed E-state index contributed by atoms with van der Waals surface area (Å²) in [5.41, 5.74) is 4.81. The van der Waals surface area contributed by atoms with Gasteiger partial charge in [-0.05, 0) is 24.6 Å². The van der Waals surface area contributed by atoms with Crippen molar-refractivity contribution < 1.29 is 13.6 Å². The van der Waals surface area contributed by atoms with Crippen molar-refractivity contribution in [3.05, 3.63) is 71.7 Å². The van der Waals surface area contributed by atoms with Gasteiger partial charge < -0.3 is 14.3 Å². The number of carbonyl (C=O) groups is 1. The number of nitrogens with one attached hydrogen (secondary N) is 1. The number of rotatable bonds is 4. The number of H-pyrrole nitrogens is 1. The van der Waals surface area contributed by atoms with Crippen molar-refractivity contribution >= 4 is 20.7 Å². The number of aromatic amines is 1. The van der Waals surface area contributed by atoms with Gasteiger partial charge in [0.2, 0.25) is 6.04 Å². The van der Waals surface area contributed by atoms with Gasteiger partial charge in [-0.2, -0.15) is 10.2 Å². The van der Waals surface area contributed by atoms with Gasteiger partial charge in [0, 0.05) is 31.1 Å². The highest BCUT2D eigenvalue weighted by atomic mass is 31.0. The molecule has 1 N–H and O–H groups in total. The van der Waals surface area contributed by atoms with Gasteiger partial charge in [0.15, 0.2) is 0 Å². The summed E-state index contributed by atoms with van der Waals surface area (Å²) in [7, 11) is 2.00. The predicted molar refractivity (Wildman–Crippen MR) is 120 cm³/mol. The molecule has 5 aromatic heterocycles. The third-order valence-corrected chi connectivity index (χ3v) is 6.21. The summed E-state index contributed by atoms with van der Waals surface area (Å²) in [5.74, 6) is -0.528. The topological polar surface area (TPSA) is 123 Å². The van der Waals surface area contributed by atoms with Gasteiger partial charge >= 0.3 is 11.8 Å². The highest BCUT2D eigenvalue weighted by Crippen LogP contribution is 2.34. The smallest absolute Gasteiger partial charge is 0.312 e. The minimum atomic E-state index is -1.39. The van der Waals surface area contributed by atoms with Crippen LogP contribution in [-0.2, 0) is 6.42 Å². The molecule has 0 radical (unpaired) electrons. The fourth-order valence-corrected chi connectivity index (χ4v) is 4.40. The molecule has 2 unspecified atom stereocenters. The molecule has 11 nitrogen and oxygen atoms in total. The molecule has 0 saturated carbocycles. The van der Waals surface area contributed by atoms with Crippen LogP contribution in [-0.4, -0.2) is 56.9 Å². The monoisotopic (exact) mass is 479 g/mol. The molecule has 1 aliphatic rings. The van der Waals surface area contributed by atoms with Crippen LogP contribution in [0.2, 0.25) is 0 Å². The summed E-state index contributed by atoms with van der Waals surface area (Å²) < 4.78 is 22.0. The van der Waals surface area contributed by atoms with Gasteiger partial charge in [0.25, 0.3) is 5.89 Å². The average molecular weight is 479 g/mol. The van der Waals surface area contributed by atoms with E-state index in [2.05, 4.69) is 25.3 Å². The molecule has 3 atom stereocenters. The van der Waals surface area contributed by atoms with Gasteiger partial charge in [0.1, 0.15) is 6.04 Å². The normalized spacial score (nSPS) is 16.7. The van der Waals surface area contributed by atoms with Crippen LogP contribution < -0.4 is 0 Å². The van der Waals surface area contributed by atoms with Gasteiger partial charge in [-0.1, -0.05) is 15.3 Å². The summed E-state index contributed by atoms with van der Waals surface area (Å²) in [6, 6.07) is 3.99. The Hall–Kier alpha value is -3.92. The maximum Gasteiger partial charge on any atom is 0.312 e. The fourth-order valence-electron chi connectivity index (χ4n) is 4.24. The first-order valence-corrected chi connectivity index (χ1v) is 11.2. The molecule has 6 heterocycles. The second kappa shape index (κ2) is 7.84. The SMILES string of the molecule is Cc1cccn2nc([C@@H]3c4nc[nH]c4CCN3C(=O)c3nnc(-c4cnn(C(F)P)c4)o3)cc12. The van der Waals surface area contributed by atoms with Crippen molar-refractivity contribution in [2.24, 2.45) is 0 Å². The Morgan fingerprint density at radius 3 is 3.06 bits per heavy atom. The zero-order valence-corrected chi connectivity index (χ0v) is 19.1. The third kappa shape index (κ3) is 3.29. The Labute approximate surface area is 194 Å². The van der Waals surface area contributed by atoms with Crippen LogP contribution in [0.4, 0.5) is 4.39 Å². The van der Waals surface area contributed by atoms with Crippen molar-refractivity contribution in [3.63, 3.8) is 0 Å². The van der Waals surface area contributed by atoms with E-state index in [4.69, 9.17) is 9.52 Å². The van der Waals surface area contributed by atoms with Crippen molar-refractivity contribution in [2.45, 2.75) is 25.4 Å². The predicted octanol–water partition coefficient (Wildman–Crippen LogP) is 2.70. The third-order valence-electron chi connectivity index (χ3n) is 5.91. The Bertz CT molecular complexity index is 1520. The van der Waals surface area contributed by atoms with E-state index in [1.165, 1.54) is 12.4 Å². The van der Waals surface area contributed by atoms with E-state index < -0.39 is 18.0 Å². The van der Waals surface area contributed by atoms with E-state index in [-0.39, 0.29) is 11.8 Å². The van der Waals surface area contributed by atoms with Crippen LogP contribution in [0, 0.1) is 6.92 Å². The van der Waals surface area contributed by atoms with Crippen LogP contribution in [0.1, 0.15) is 45.4 Å². The van der Waals surface area contributed by atoms with E-state index in [1.807, 2.05) is 40.6 Å². The van der Waals surface area contributed by atoms with Gasteiger partial charge in [-0.15, -0.1) is 10.2 Å². The lowest BCUT2D eigenvalue weighted by atomic mass is 9.99. The molecule has 5 aromatic rings. The van der Waals surface area contributed by atoms with Crippen LogP contribution in [0.3, 0.4) is 0 Å². The average Bonchev–Trinajstić information content (AvgIpc) is 3.62. The Kier molecular flexibility index (Phi) is 4.77. The lowest BCUT2D eigenvalue weighted by Gasteiger charge is -2.32. The molecule has 6 rings (SSSR count). The summed E-state index contributed by atoms with van der Waals surface area (Å²) >= 11 is 0. The molecule has 13 heteroatoms. The first kappa shape index (κ1) is 20.7. The Balaban J connectivity index is 1.37. The fraction of sp³-hybridized carbons (Fsp3) is 0.238. The van der Waals surface area contributed by atoms with Crippen LogP contribution >= 0.6 is 9.24 Å². The van der Waals surface area contributed by atoms with E-state index in [0.717, 1.165) is 27.1 Å². The summed E-state index contributed by atoms with van der Waals surface area (Å²) in [5, 5.41) is 16.6. The molecule has 34 heavy (non-hydrogen) atoms. The van der Waals surface area contributed by atoms with Gasteiger partial charge in [0.05, 0.1) is 35.0 Å². The lowest BCUT2D eigenvalue weighted by Crippen LogP contribution is -2.41. The number of imidazole rings is 1. The first-order valence-electron chi connectivity index (χ1n) is 10.6. The first-order chi connectivity index (χ1) is 16.5. The zero-order valence-electron chi connectivity index (χ0n) is 18.0. The summed E-state index contributed by atoms with van der Waals surface area (Å²) in [4.78, 5) is 22.8. The number of halogens is 1. The number of pyridine rings is 1. The number of aryl methyl sites for hydroxylation is 1. The number of aromatic nitrogens is 8. The number of amides is 1. The molecule has 0 fully saturated rings. The molecular formula is C21H19FN9O2P. The molecular weight excluding hydrogens is 460 g/mol. The van der Waals surface area contributed by atoms with E-state index in [9.17, 15) is 9.18 Å². The van der Waals surface area contributed by atoms with Gasteiger partial charge in [-0.25, -0.2) is 18.6 Å². The molecule has 1 amide bonds.